The van der Waals surface area contributed by atoms with Crippen molar-refractivity contribution in [1.29, 1.82) is 0 Å². The molecule has 1 saturated carbocycles. The van der Waals surface area contributed by atoms with Gasteiger partial charge in [0, 0.05) is 24.4 Å². The summed E-state index contributed by atoms with van der Waals surface area (Å²) < 4.78 is 6.48. The number of hydrogen-bond donors (Lipinski definition) is 1. The molecule has 33 heavy (non-hydrogen) atoms. The van der Waals surface area contributed by atoms with Gasteiger partial charge in [-0.05, 0) is 36.5 Å². The monoisotopic (exact) mass is 436 g/mol. The fourth-order valence-electron chi connectivity index (χ4n) is 4.72. The molecule has 2 aliphatic heterocycles. The number of nitrogens with two attached hydrogens (primary N) is 1. The van der Waals surface area contributed by atoms with Crippen molar-refractivity contribution in [3.63, 3.8) is 0 Å². The van der Waals surface area contributed by atoms with E-state index in [1.54, 1.807) is 11.1 Å². The third-order valence-corrected chi connectivity index (χ3v) is 6.90. The minimum atomic E-state index is -0.247. The quantitative estimate of drug-likeness (QED) is 0.645. The molecule has 0 radical (unpaired) electrons. The Hall–Kier alpha value is -3.90. The second-order valence-corrected chi connectivity index (χ2v) is 8.88. The highest BCUT2D eigenvalue weighted by atomic mass is 16.3. The van der Waals surface area contributed by atoms with E-state index in [0.29, 0.717) is 34.3 Å². The number of rotatable bonds is 3. The van der Waals surface area contributed by atoms with Crippen molar-refractivity contribution in [2.75, 3.05) is 7.05 Å². The van der Waals surface area contributed by atoms with Crippen LogP contribution in [-0.4, -0.2) is 22.8 Å². The fraction of sp³-hybridized carbons (Fsp3) is 0.185. The van der Waals surface area contributed by atoms with Gasteiger partial charge in [-0.25, -0.2) is 0 Å². The molecule has 0 spiro atoms. The van der Waals surface area contributed by atoms with Crippen LogP contribution in [0.5, 0.6) is 0 Å². The van der Waals surface area contributed by atoms with Gasteiger partial charge in [-0.3, -0.25) is 14.7 Å². The van der Waals surface area contributed by atoms with Crippen molar-refractivity contribution < 1.29 is 4.42 Å². The Morgan fingerprint density at radius 3 is 2.42 bits per heavy atom. The Morgan fingerprint density at radius 1 is 1.03 bits per heavy atom. The van der Waals surface area contributed by atoms with E-state index in [9.17, 15) is 4.79 Å². The van der Waals surface area contributed by atoms with E-state index in [0.717, 1.165) is 36.0 Å². The van der Waals surface area contributed by atoms with E-state index in [-0.39, 0.29) is 11.0 Å². The molecule has 1 aromatic heterocycles. The molecule has 0 unspecified atom stereocenters. The molecule has 3 aromatic rings. The zero-order valence-corrected chi connectivity index (χ0v) is 18.4. The van der Waals surface area contributed by atoms with Crippen LogP contribution < -0.4 is 11.2 Å². The fourth-order valence-corrected chi connectivity index (χ4v) is 4.72. The van der Waals surface area contributed by atoms with Crippen LogP contribution in [0.1, 0.15) is 36.1 Å². The van der Waals surface area contributed by atoms with E-state index >= 15 is 0 Å². The van der Waals surface area contributed by atoms with Crippen molar-refractivity contribution in [2.45, 2.75) is 24.8 Å². The molecule has 6 nitrogen and oxygen atoms in total. The molecule has 0 atom stereocenters. The molecule has 6 heteroatoms. The van der Waals surface area contributed by atoms with Gasteiger partial charge in [0.1, 0.15) is 11.6 Å². The minimum Gasteiger partial charge on any atom is -0.451 e. The third kappa shape index (κ3) is 2.91. The molecule has 0 bridgehead atoms. The molecule has 164 valence electrons. The average molecular weight is 437 g/mol. The zero-order chi connectivity index (χ0) is 22.7. The van der Waals surface area contributed by atoms with E-state index < -0.39 is 0 Å². The van der Waals surface area contributed by atoms with E-state index in [1.807, 2.05) is 72.7 Å². The van der Waals surface area contributed by atoms with Crippen LogP contribution in [0.3, 0.4) is 0 Å². The van der Waals surface area contributed by atoms with Crippen LogP contribution in [0.2, 0.25) is 0 Å². The molecular weight excluding hydrogens is 412 g/mol. The van der Waals surface area contributed by atoms with Gasteiger partial charge in [-0.15, -0.1) is 5.10 Å². The van der Waals surface area contributed by atoms with Crippen LogP contribution >= 0.6 is 0 Å². The Bertz CT molecular complexity index is 1400. The number of hydrogen-bond acceptors (Lipinski definition) is 6. The molecule has 2 N–H and O–H groups in total. The highest BCUT2D eigenvalue weighted by molar-refractivity contribution is 6.05. The van der Waals surface area contributed by atoms with Gasteiger partial charge in [-0.2, -0.15) is 0 Å². The van der Waals surface area contributed by atoms with Crippen LogP contribution in [0.4, 0.5) is 0 Å². The summed E-state index contributed by atoms with van der Waals surface area (Å²) in [7, 11) is 1.82. The molecule has 1 aliphatic carbocycles. The maximum atomic E-state index is 13.9. The normalized spacial score (nSPS) is 18.0. The van der Waals surface area contributed by atoms with Crippen LogP contribution in [-0.2, 0) is 5.54 Å². The van der Waals surface area contributed by atoms with E-state index in [4.69, 9.17) is 10.2 Å². The molecule has 2 aromatic carbocycles. The van der Waals surface area contributed by atoms with Crippen molar-refractivity contribution in [3.8, 4) is 22.5 Å². The standard InChI is InChI=1S/C27H24N4O2/c1-17-30(2)29-26-25-21(13-16-31(17)26)23(32)22(24(33-25)19-7-4-3-5-8-19)18-9-11-20(12-10-18)27(28)14-6-15-27/h3-5,7-13,16H,1,6,14-15,28H2,2H3. The number of hydrazone groups is 1. The number of nitrogens with zero attached hydrogens (tertiary/aromatic N) is 3. The third-order valence-electron chi connectivity index (χ3n) is 6.90. The second-order valence-electron chi connectivity index (χ2n) is 8.88. The lowest BCUT2D eigenvalue weighted by Gasteiger charge is -2.38. The smallest absolute Gasteiger partial charge is 0.202 e. The topological polar surface area (TPSA) is 75.1 Å². The predicted octanol–water partition coefficient (Wildman–Crippen LogP) is 4.68. The highest BCUT2D eigenvalue weighted by Crippen LogP contribution is 2.40. The lowest BCUT2D eigenvalue weighted by Crippen LogP contribution is -2.43. The first-order valence-corrected chi connectivity index (χ1v) is 11.1. The highest BCUT2D eigenvalue weighted by Gasteiger charge is 2.35. The molecule has 3 aliphatic rings. The van der Waals surface area contributed by atoms with Gasteiger partial charge >= 0.3 is 0 Å². The number of benzene rings is 2. The Morgan fingerprint density at radius 2 is 1.76 bits per heavy atom. The summed E-state index contributed by atoms with van der Waals surface area (Å²) in [6.45, 7) is 4.06. The largest absolute Gasteiger partial charge is 0.451 e. The molecule has 6 rings (SSSR count). The van der Waals surface area contributed by atoms with Crippen molar-refractivity contribution in [1.82, 2.24) is 9.91 Å². The summed E-state index contributed by atoms with van der Waals surface area (Å²) in [4.78, 5) is 15.7. The first kappa shape index (κ1) is 19.8. The van der Waals surface area contributed by atoms with E-state index in [2.05, 4.69) is 11.7 Å². The summed E-state index contributed by atoms with van der Waals surface area (Å²) in [6.07, 6.45) is 6.73. The maximum absolute atomic E-state index is 13.9. The zero-order valence-electron chi connectivity index (χ0n) is 18.4. The summed E-state index contributed by atoms with van der Waals surface area (Å²) in [5.41, 5.74) is 9.94. The molecular formula is C27H24N4O2. The van der Waals surface area contributed by atoms with Crippen molar-refractivity contribution in [3.05, 3.63) is 100 Å². The minimum absolute atomic E-state index is 0.0901. The first-order valence-electron chi connectivity index (χ1n) is 11.1. The predicted molar refractivity (Wildman–Crippen MR) is 130 cm³/mol. The lowest BCUT2D eigenvalue weighted by molar-refractivity contribution is 0.253. The molecule has 1 fully saturated rings. The van der Waals surface area contributed by atoms with Gasteiger partial charge in [0.25, 0.3) is 0 Å². The van der Waals surface area contributed by atoms with Gasteiger partial charge in [-0.1, -0.05) is 61.2 Å². The Labute approximate surface area is 191 Å². The summed E-state index contributed by atoms with van der Waals surface area (Å²) >= 11 is 0. The lowest BCUT2D eigenvalue weighted by atomic mass is 9.72. The molecule has 3 heterocycles. The summed E-state index contributed by atoms with van der Waals surface area (Å²) in [5, 5.41) is 6.22. The first-order chi connectivity index (χ1) is 16.0. The molecule has 0 amide bonds. The van der Waals surface area contributed by atoms with E-state index in [1.165, 1.54) is 0 Å². The SMILES string of the molecule is C=C1N(C)N=C2c3oc(-c4ccccc4)c(-c4ccc(C5(N)CCC5)cc4)c(=O)c3C=CN12. The maximum Gasteiger partial charge on any atom is 0.202 e. The van der Waals surface area contributed by atoms with Crippen molar-refractivity contribution in [2.24, 2.45) is 10.8 Å². The summed E-state index contributed by atoms with van der Waals surface area (Å²) in [5.74, 6) is 2.23. The average Bonchev–Trinajstić information content (AvgIpc) is 3.12. The van der Waals surface area contributed by atoms with Gasteiger partial charge in [0.15, 0.2) is 5.76 Å². The van der Waals surface area contributed by atoms with Crippen molar-refractivity contribution >= 4 is 11.9 Å². The van der Waals surface area contributed by atoms with Gasteiger partial charge in [0.05, 0.1) is 11.1 Å². The number of fused-ring (bicyclic) bond motifs is 3. The Kier molecular flexibility index (Phi) is 4.22. The second kappa shape index (κ2) is 7.05. The molecule has 0 saturated heterocycles. The Balaban J connectivity index is 1.57. The van der Waals surface area contributed by atoms with Crippen LogP contribution in [0, 0.1) is 0 Å². The summed E-state index contributed by atoms with van der Waals surface area (Å²) in [6, 6.07) is 17.8. The van der Waals surface area contributed by atoms with Gasteiger partial charge in [0.2, 0.25) is 11.3 Å². The van der Waals surface area contributed by atoms with Crippen LogP contribution in [0.15, 0.2) is 87.5 Å². The van der Waals surface area contributed by atoms with Crippen LogP contribution in [0.25, 0.3) is 28.5 Å². The number of amidine groups is 1. The van der Waals surface area contributed by atoms with Gasteiger partial charge < -0.3 is 10.2 Å².